The SMILES string of the molecule is O=C(NCCc1ccccc1Cl)c1ccc2c(c1)nc1n2CCOC1. The fourth-order valence-corrected chi connectivity index (χ4v) is 3.34. The first kappa shape index (κ1) is 16.1. The standard InChI is InChI=1S/C19H18ClN3O2/c20-15-4-2-1-3-13(15)7-8-21-19(24)14-5-6-17-16(11-14)22-18-12-25-10-9-23(17)18/h1-6,11H,7-10,12H2,(H,21,24). The van der Waals surface area contributed by atoms with Crippen LogP contribution < -0.4 is 5.32 Å². The number of imidazole rings is 1. The fourth-order valence-electron chi connectivity index (χ4n) is 3.11. The first-order valence-corrected chi connectivity index (χ1v) is 8.69. The van der Waals surface area contributed by atoms with Crippen LogP contribution in [-0.4, -0.2) is 28.6 Å². The Labute approximate surface area is 150 Å². The molecule has 1 amide bonds. The number of carbonyl (C=O) groups is 1. The van der Waals surface area contributed by atoms with Crippen LogP contribution in [0.5, 0.6) is 0 Å². The molecule has 1 aromatic heterocycles. The molecule has 0 spiro atoms. The van der Waals surface area contributed by atoms with Gasteiger partial charge in [-0.2, -0.15) is 0 Å². The molecule has 0 bridgehead atoms. The summed E-state index contributed by atoms with van der Waals surface area (Å²) in [7, 11) is 0. The van der Waals surface area contributed by atoms with E-state index >= 15 is 0 Å². The van der Waals surface area contributed by atoms with Crippen molar-refractivity contribution < 1.29 is 9.53 Å². The van der Waals surface area contributed by atoms with Gasteiger partial charge >= 0.3 is 0 Å². The second kappa shape index (κ2) is 6.86. The van der Waals surface area contributed by atoms with Gasteiger partial charge in [-0.3, -0.25) is 4.79 Å². The summed E-state index contributed by atoms with van der Waals surface area (Å²) in [6, 6.07) is 13.3. The maximum Gasteiger partial charge on any atom is 0.251 e. The third-order valence-electron chi connectivity index (χ3n) is 4.42. The summed E-state index contributed by atoms with van der Waals surface area (Å²) in [4.78, 5) is 17.0. The topological polar surface area (TPSA) is 56.2 Å². The van der Waals surface area contributed by atoms with Crippen molar-refractivity contribution in [1.82, 2.24) is 14.9 Å². The molecule has 0 atom stereocenters. The van der Waals surface area contributed by atoms with Crippen molar-refractivity contribution in [2.24, 2.45) is 0 Å². The Morgan fingerprint density at radius 3 is 3.04 bits per heavy atom. The smallest absolute Gasteiger partial charge is 0.251 e. The minimum Gasteiger partial charge on any atom is -0.372 e. The summed E-state index contributed by atoms with van der Waals surface area (Å²) in [6.07, 6.45) is 0.698. The lowest BCUT2D eigenvalue weighted by Crippen LogP contribution is -2.25. The molecule has 1 aliphatic heterocycles. The molecular formula is C19H18ClN3O2. The number of carbonyl (C=O) groups excluding carboxylic acids is 1. The van der Waals surface area contributed by atoms with Crippen molar-refractivity contribution in [3.63, 3.8) is 0 Å². The molecule has 0 fully saturated rings. The van der Waals surface area contributed by atoms with Crippen molar-refractivity contribution in [2.75, 3.05) is 13.2 Å². The number of aromatic nitrogens is 2. The molecule has 6 heteroatoms. The molecule has 0 saturated carbocycles. The number of ether oxygens (including phenoxy) is 1. The Bertz CT molecular complexity index is 936. The molecule has 0 unspecified atom stereocenters. The van der Waals surface area contributed by atoms with Crippen molar-refractivity contribution >= 4 is 28.5 Å². The van der Waals surface area contributed by atoms with Gasteiger partial charge in [-0.05, 0) is 36.2 Å². The molecule has 5 nitrogen and oxygen atoms in total. The first-order chi connectivity index (χ1) is 12.2. The van der Waals surface area contributed by atoms with Crippen LogP contribution in [0.4, 0.5) is 0 Å². The van der Waals surface area contributed by atoms with Crippen molar-refractivity contribution in [3.05, 3.63) is 64.4 Å². The van der Waals surface area contributed by atoms with Crippen LogP contribution in [0.15, 0.2) is 42.5 Å². The number of amides is 1. The van der Waals surface area contributed by atoms with Crippen molar-refractivity contribution in [2.45, 2.75) is 19.6 Å². The molecule has 0 saturated heterocycles. The molecule has 1 aliphatic rings. The number of rotatable bonds is 4. The van der Waals surface area contributed by atoms with E-state index in [-0.39, 0.29) is 5.91 Å². The summed E-state index contributed by atoms with van der Waals surface area (Å²) in [5.41, 5.74) is 3.52. The number of benzene rings is 2. The average Bonchev–Trinajstić information content (AvgIpc) is 3.01. The van der Waals surface area contributed by atoms with Crippen LogP contribution in [0.25, 0.3) is 11.0 Å². The van der Waals surface area contributed by atoms with Gasteiger partial charge in [0.05, 0.1) is 17.6 Å². The van der Waals surface area contributed by atoms with Crippen LogP contribution in [0, 0.1) is 0 Å². The van der Waals surface area contributed by atoms with Gasteiger partial charge < -0.3 is 14.6 Å². The van der Waals surface area contributed by atoms with Gasteiger partial charge in [0.1, 0.15) is 12.4 Å². The monoisotopic (exact) mass is 355 g/mol. The van der Waals surface area contributed by atoms with Crippen LogP contribution in [0.2, 0.25) is 5.02 Å². The Morgan fingerprint density at radius 1 is 1.28 bits per heavy atom. The molecule has 1 N–H and O–H groups in total. The molecular weight excluding hydrogens is 338 g/mol. The molecule has 2 heterocycles. The summed E-state index contributed by atoms with van der Waals surface area (Å²) in [5, 5.41) is 3.67. The number of nitrogens with zero attached hydrogens (tertiary/aromatic N) is 2. The second-order valence-electron chi connectivity index (χ2n) is 6.03. The summed E-state index contributed by atoms with van der Waals surface area (Å²) >= 11 is 6.14. The lowest BCUT2D eigenvalue weighted by atomic mass is 10.1. The van der Waals surface area contributed by atoms with Crippen LogP contribution in [0.3, 0.4) is 0 Å². The number of nitrogens with one attached hydrogen (secondary N) is 1. The van der Waals surface area contributed by atoms with Crippen LogP contribution in [-0.2, 0) is 24.3 Å². The summed E-state index contributed by atoms with van der Waals surface area (Å²) in [6.45, 7) is 2.56. The van der Waals surface area contributed by atoms with Gasteiger partial charge in [-0.15, -0.1) is 0 Å². The number of halogens is 1. The molecule has 0 aliphatic carbocycles. The maximum absolute atomic E-state index is 12.4. The molecule has 2 aromatic carbocycles. The normalized spacial score (nSPS) is 13.6. The Hall–Kier alpha value is -2.37. The van der Waals surface area contributed by atoms with Gasteiger partial charge in [0.25, 0.3) is 5.91 Å². The van der Waals surface area contributed by atoms with E-state index in [1.165, 1.54) is 0 Å². The van der Waals surface area contributed by atoms with Crippen molar-refractivity contribution in [3.8, 4) is 0 Å². The van der Waals surface area contributed by atoms with Crippen molar-refractivity contribution in [1.29, 1.82) is 0 Å². The first-order valence-electron chi connectivity index (χ1n) is 8.31. The second-order valence-corrected chi connectivity index (χ2v) is 6.44. The highest BCUT2D eigenvalue weighted by atomic mass is 35.5. The lowest BCUT2D eigenvalue weighted by Gasteiger charge is -2.14. The van der Waals surface area contributed by atoms with E-state index in [9.17, 15) is 4.79 Å². The highest BCUT2D eigenvalue weighted by Crippen LogP contribution is 2.21. The molecule has 4 rings (SSSR count). The Kier molecular flexibility index (Phi) is 4.42. The Morgan fingerprint density at radius 2 is 2.16 bits per heavy atom. The maximum atomic E-state index is 12.4. The average molecular weight is 356 g/mol. The number of hydrogen-bond donors (Lipinski definition) is 1. The number of fused-ring (bicyclic) bond motifs is 3. The minimum atomic E-state index is -0.101. The van der Waals surface area contributed by atoms with E-state index in [4.69, 9.17) is 16.3 Å². The third-order valence-corrected chi connectivity index (χ3v) is 4.79. The van der Waals surface area contributed by atoms with E-state index in [1.54, 1.807) is 0 Å². The zero-order valence-electron chi connectivity index (χ0n) is 13.7. The van der Waals surface area contributed by atoms with E-state index in [2.05, 4.69) is 14.9 Å². The highest BCUT2D eigenvalue weighted by Gasteiger charge is 2.16. The van der Waals surface area contributed by atoms with E-state index in [0.29, 0.717) is 31.7 Å². The van der Waals surface area contributed by atoms with Gasteiger partial charge in [-0.1, -0.05) is 29.8 Å². The Balaban J connectivity index is 1.46. The highest BCUT2D eigenvalue weighted by molar-refractivity contribution is 6.31. The van der Waals surface area contributed by atoms with Gasteiger partial charge in [0, 0.05) is 23.7 Å². The summed E-state index contributed by atoms with van der Waals surface area (Å²) in [5.74, 6) is 0.814. The minimum absolute atomic E-state index is 0.101. The molecule has 25 heavy (non-hydrogen) atoms. The third kappa shape index (κ3) is 3.25. The van der Waals surface area contributed by atoms with Crippen LogP contribution in [0.1, 0.15) is 21.7 Å². The molecule has 3 aromatic rings. The van der Waals surface area contributed by atoms with Gasteiger partial charge in [0.15, 0.2) is 0 Å². The largest absolute Gasteiger partial charge is 0.372 e. The zero-order valence-corrected chi connectivity index (χ0v) is 14.4. The lowest BCUT2D eigenvalue weighted by molar-refractivity contribution is 0.0830. The summed E-state index contributed by atoms with van der Waals surface area (Å²) < 4.78 is 7.59. The predicted octanol–water partition coefficient (Wildman–Crippen LogP) is 3.19. The van der Waals surface area contributed by atoms with Gasteiger partial charge in [0.2, 0.25) is 0 Å². The van der Waals surface area contributed by atoms with E-state index in [1.807, 2.05) is 42.5 Å². The molecule has 0 radical (unpaired) electrons. The van der Waals surface area contributed by atoms with Crippen LogP contribution >= 0.6 is 11.6 Å². The van der Waals surface area contributed by atoms with E-state index < -0.39 is 0 Å². The number of hydrogen-bond acceptors (Lipinski definition) is 3. The predicted molar refractivity (Wildman–Crippen MR) is 96.9 cm³/mol. The molecule has 128 valence electrons. The fraction of sp³-hybridized carbons (Fsp3) is 0.263. The van der Waals surface area contributed by atoms with Gasteiger partial charge in [-0.25, -0.2) is 4.98 Å². The zero-order chi connectivity index (χ0) is 17.2. The van der Waals surface area contributed by atoms with E-state index in [0.717, 1.165) is 34.0 Å². The quantitative estimate of drug-likeness (QED) is 0.782.